The highest BCUT2D eigenvalue weighted by Crippen LogP contribution is 2.31. The number of nitro benzene ring substituents is 1. The zero-order valence-corrected chi connectivity index (χ0v) is 12.1. The maximum atomic E-state index is 11.4. The highest BCUT2D eigenvalue weighted by molar-refractivity contribution is 5.75. The molecular formula is C13H18N2O6. The number of nitro groups is 1. The van der Waals surface area contributed by atoms with Gasteiger partial charge in [0.25, 0.3) is 0 Å². The molecule has 8 nitrogen and oxygen atoms in total. The van der Waals surface area contributed by atoms with Crippen LogP contribution in [-0.2, 0) is 9.53 Å². The topological polar surface area (TPSA) is 99.9 Å². The summed E-state index contributed by atoms with van der Waals surface area (Å²) in [6.45, 7) is 0.120. The van der Waals surface area contributed by atoms with Gasteiger partial charge in [-0.1, -0.05) is 0 Å². The molecule has 0 aliphatic rings. The Morgan fingerprint density at radius 1 is 1.43 bits per heavy atom. The van der Waals surface area contributed by atoms with Crippen molar-refractivity contribution in [2.45, 2.75) is 12.5 Å². The van der Waals surface area contributed by atoms with Gasteiger partial charge in [0.05, 0.1) is 25.7 Å². The Balaban J connectivity index is 2.73. The smallest absolute Gasteiger partial charge is 0.322 e. The van der Waals surface area contributed by atoms with E-state index in [2.05, 4.69) is 10.1 Å². The van der Waals surface area contributed by atoms with Crippen LogP contribution in [0.15, 0.2) is 18.2 Å². The van der Waals surface area contributed by atoms with Crippen molar-refractivity contribution in [1.29, 1.82) is 0 Å². The zero-order chi connectivity index (χ0) is 15.8. The molecule has 21 heavy (non-hydrogen) atoms. The van der Waals surface area contributed by atoms with E-state index in [1.54, 1.807) is 7.05 Å². The molecule has 0 spiro atoms. The van der Waals surface area contributed by atoms with Gasteiger partial charge >= 0.3 is 11.7 Å². The summed E-state index contributed by atoms with van der Waals surface area (Å²) in [5.74, 6) is 0.133. The Morgan fingerprint density at radius 3 is 2.67 bits per heavy atom. The number of hydrogen-bond acceptors (Lipinski definition) is 7. The third-order valence-corrected chi connectivity index (χ3v) is 2.86. The van der Waals surface area contributed by atoms with E-state index in [4.69, 9.17) is 9.47 Å². The lowest BCUT2D eigenvalue weighted by molar-refractivity contribution is -0.385. The van der Waals surface area contributed by atoms with E-state index in [0.29, 0.717) is 12.2 Å². The van der Waals surface area contributed by atoms with E-state index < -0.39 is 16.9 Å². The summed E-state index contributed by atoms with van der Waals surface area (Å²) in [5, 5.41) is 13.7. The minimum atomic E-state index is -0.537. The van der Waals surface area contributed by atoms with E-state index in [0.717, 1.165) is 0 Å². The van der Waals surface area contributed by atoms with E-state index in [-0.39, 0.29) is 18.0 Å². The summed E-state index contributed by atoms with van der Waals surface area (Å²) in [6.07, 6.45) is 0.317. The summed E-state index contributed by atoms with van der Waals surface area (Å²) >= 11 is 0. The Bertz CT molecular complexity index is 505. The minimum absolute atomic E-state index is 0.0964. The van der Waals surface area contributed by atoms with Crippen LogP contribution in [0.4, 0.5) is 5.69 Å². The van der Waals surface area contributed by atoms with Crippen molar-refractivity contribution < 1.29 is 23.9 Å². The number of carbonyl (C=O) groups excluding carboxylic acids is 1. The van der Waals surface area contributed by atoms with E-state index in [9.17, 15) is 14.9 Å². The lowest BCUT2D eigenvalue weighted by atomic mass is 10.2. The lowest BCUT2D eigenvalue weighted by Crippen LogP contribution is -2.36. The van der Waals surface area contributed by atoms with E-state index >= 15 is 0 Å². The number of hydrogen-bond donors (Lipinski definition) is 1. The normalized spacial score (nSPS) is 11.6. The van der Waals surface area contributed by atoms with Crippen molar-refractivity contribution in [3.63, 3.8) is 0 Å². The molecule has 0 saturated heterocycles. The molecule has 8 heteroatoms. The fourth-order valence-electron chi connectivity index (χ4n) is 1.70. The second-order valence-corrected chi connectivity index (χ2v) is 4.09. The molecular weight excluding hydrogens is 280 g/mol. The Kier molecular flexibility index (Phi) is 6.41. The molecule has 1 atom stereocenters. The Labute approximate surface area is 122 Å². The molecule has 1 N–H and O–H groups in total. The maximum Gasteiger partial charge on any atom is 0.322 e. The predicted octanol–water partition coefficient (Wildman–Crippen LogP) is 1.13. The van der Waals surface area contributed by atoms with Crippen molar-refractivity contribution in [2.24, 2.45) is 0 Å². The molecule has 116 valence electrons. The average molecular weight is 298 g/mol. The Morgan fingerprint density at radius 2 is 2.14 bits per heavy atom. The lowest BCUT2D eigenvalue weighted by Gasteiger charge is -2.14. The molecule has 1 unspecified atom stereocenters. The van der Waals surface area contributed by atoms with Crippen LogP contribution >= 0.6 is 0 Å². The van der Waals surface area contributed by atoms with Crippen LogP contribution in [0.2, 0.25) is 0 Å². The third-order valence-electron chi connectivity index (χ3n) is 2.86. The number of esters is 1. The Hall–Kier alpha value is -2.35. The van der Waals surface area contributed by atoms with Gasteiger partial charge in [0.15, 0.2) is 0 Å². The number of nitrogens with one attached hydrogen (secondary N) is 1. The molecule has 0 radical (unpaired) electrons. The number of carbonyl (C=O) groups is 1. The van der Waals surface area contributed by atoms with Crippen molar-refractivity contribution in [1.82, 2.24) is 5.32 Å². The molecule has 1 aromatic rings. The fourth-order valence-corrected chi connectivity index (χ4v) is 1.70. The number of benzene rings is 1. The third kappa shape index (κ3) is 4.60. The molecule has 0 amide bonds. The predicted molar refractivity (Wildman–Crippen MR) is 74.6 cm³/mol. The van der Waals surface area contributed by atoms with Gasteiger partial charge in [0.1, 0.15) is 11.8 Å². The van der Waals surface area contributed by atoms with Gasteiger partial charge in [-0.2, -0.15) is 0 Å². The SMILES string of the molecule is CNC(CCOc1cc(OC)ccc1[N+](=O)[O-])C(=O)OC. The molecule has 0 bridgehead atoms. The van der Waals surface area contributed by atoms with Crippen LogP contribution in [0.3, 0.4) is 0 Å². The highest BCUT2D eigenvalue weighted by Gasteiger charge is 2.19. The van der Waals surface area contributed by atoms with Gasteiger partial charge in [-0.3, -0.25) is 14.9 Å². The van der Waals surface area contributed by atoms with Gasteiger partial charge in [0, 0.05) is 18.6 Å². The highest BCUT2D eigenvalue weighted by atomic mass is 16.6. The standard InChI is InChI=1S/C13H18N2O6/c1-14-10(13(16)20-3)6-7-21-12-8-9(19-2)4-5-11(12)15(17)18/h4-5,8,10,14H,6-7H2,1-3H3. The first-order valence-electron chi connectivity index (χ1n) is 6.23. The van der Waals surface area contributed by atoms with Crippen molar-refractivity contribution >= 4 is 11.7 Å². The minimum Gasteiger partial charge on any atom is -0.497 e. The van der Waals surface area contributed by atoms with Crippen LogP contribution in [0.1, 0.15) is 6.42 Å². The van der Waals surface area contributed by atoms with Gasteiger partial charge in [-0.25, -0.2) is 0 Å². The molecule has 0 aliphatic carbocycles. The summed E-state index contributed by atoms with van der Waals surface area (Å²) < 4.78 is 15.0. The van der Waals surface area contributed by atoms with E-state index in [1.165, 1.54) is 32.4 Å². The van der Waals surface area contributed by atoms with Crippen molar-refractivity contribution in [2.75, 3.05) is 27.9 Å². The number of rotatable bonds is 8. The van der Waals surface area contributed by atoms with Crippen LogP contribution < -0.4 is 14.8 Å². The van der Waals surface area contributed by atoms with Crippen LogP contribution in [0, 0.1) is 10.1 Å². The number of nitrogens with zero attached hydrogens (tertiary/aromatic N) is 1. The summed E-state index contributed by atoms with van der Waals surface area (Å²) in [7, 11) is 4.37. The molecule has 0 aliphatic heterocycles. The van der Waals surface area contributed by atoms with Crippen LogP contribution in [0.5, 0.6) is 11.5 Å². The van der Waals surface area contributed by atoms with Gasteiger partial charge in [0.2, 0.25) is 5.75 Å². The fraction of sp³-hybridized carbons (Fsp3) is 0.462. The van der Waals surface area contributed by atoms with Gasteiger partial charge < -0.3 is 19.5 Å². The number of likely N-dealkylation sites (N-methyl/N-ethyl adjacent to an activating group) is 1. The average Bonchev–Trinajstić information content (AvgIpc) is 2.50. The molecule has 1 rings (SSSR count). The number of methoxy groups -OCH3 is 2. The molecule has 1 aromatic carbocycles. The first-order valence-corrected chi connectivity index (χ1v) is 6.23. The van der Waals surface area contributed by atoms with Crippen LogP contribution in [0.25, 0.3) is 0 Å². The van der Waals surface area contributed by atoms with Gasteiger partial charge in [-0.05, 0) is 13.1 Å². The zero-order valence-electron chi connectivity index (χ0n) is 12.1. The van der Waals surface area contributed by atoms with E-state index in [1.807, 2.05) is 0 Å². The van der Waals surface area contributed by atoms with Crippen molar-refractivity contribution in [3.05, 3.63) is 28.3 Å². The summed E-state index contributed by atoms with van der Waals surface area (Å²) in [4.78, 5) is 21.8. The first-order chi connectivity index (χ1) is 10.0. The quantitative estimate of drug-likeness (QED) is 0.436. The van der Waals surface area contributed by atoms with Gasteiger partial charge in [-0.15, -0.1) is 0 Å². The second-order valence-electron chi connectivity index (χ2n) is 4.09. The molecule has 0 fully saturated rings. The molecule has 0 heterocycles. The monoisotopic (exact) mass is 298 g/mol. The van der Waals surface area contributed by atoms with Crippen molar-refractivity contribution in [3.8, 4) is 11.5 Å². The molecule has 0 aromatic heterocycles. The molecule has 0 saturated carbocycles. The summed E-state index contributed by atoms with van der Waals surface area (Å²) in [6, 6.07) is 3.70. The number of ether oxygens (including phenoxy) is 3. The van der Waals surface area contributed by atoms with Crippen LogP contribution in [-0.4, -0.2) is 44.8 Å². The largest absolute Gasteiger partial charge is 0.497 e. The maximum absolute atomic E-state index is 11.4. The second kappa shape index (κ2) is 8.05. The summed E-state index contributed by atoms with van der Waals surface area (Å²) in [5.41, 5.74) is -0.158. The first kappa shape index (κ1) is 16.7.